The quantitative estimate of drug-likeness (QED) is 0.802. The predicted molar refractivity (Wildman–Crippen MR) is 93.9 cm³/mol. The number of nitrogens with two attached hydrogens (primary N) is 1. The van der Waals surface area contributed by atoms with Crippen molar-refractivity contribution in [2.75, 3.05) is 0 Å². The van der Waals surface area contributed by atoms with Gasteiger partial charge in [-0.15, -0.1) is 0 Å². The summed E-state index contributed by atoms with van der Waals surface area (Å²) in [6, 6.07) is 8.75. The van der Waals surface area contributed by atoms with Crippen molar-refractivity contribution in [2.45, 2.75) is 32.0 Å². The molecular formula is C16H17ClN2S2. The summed E-state index contributed by atoms with van der Waals surface area (Å²) in [5.41, 5.74) is 8.99. The lowest BCUT2D eigenvalue weighted by Crippen LogP contribution is -2.25. The summed E-state index contributed by atoms with van der Waals surface area (Å²) >= 11 is 13.1. The number of nitrogens with zero attached hydrogens (tertiary/aromatic N) is 1. The van der Waals surface area contributed by atoms with Gasteiger partial charge >= 0.3 is 0 Å². The van der Waals surface area contributed by atoms with Crippen molar-refractivity contribution in [2.24, 2.45) is 5.73 Å². The van der Waals surface area contributed by atoms with Crippen LogP contribution in [0.25, 0.3) is 0 Å². The van der Waals surface area contributed by atoms with Gasteiger partial charge in [-0.25, -0.2) is 0 Å². The third kappa shape index (κ3) is 3.83. The first-order chi connectivity index (χ1) is 10.1. The van der Waals surface area contributed by atoms with Gasteiger partial charge in [0.15, 0.2) is 0 Å². The van der Waals surface area contributed by atoms with Gasteiger partial charge in [0.1, 0.15) is 4.99 Å². The Kier molecular flexibility index (Phi) is 4.60. The van der Waals surface area contributed by atoms with Gasteiger partial charge < -0.3 is 5.73 Å². The van der Waals surface area contributed by atoms with Crippen LogP contribution in [0.3, 0.4) is 0 Å². The number of thiocarbonyl (C=S) groups is 1. The van der Waals surface area contributed by atoms with Crippen LogP contribution in [-0.2, 0) is 13.1 Å². The maximum absolute atomic E-state index is 6.38. The lowest BCUT2D eigenvalue weighted by Gasteiger charge is -2.22. The average Bonchev–Trinajstić information content (AvgIpc) is 3.18. The summed E-state index contributed by atoms with van der Waals surface area (Å²) in [5, 5.41) is 5.09. The van der Waals surface area contributed by atoms with Crippen LogP contribution < -0.4 is 5.73 Å². The van der Waals surface area contributed by atoms with Crippen LogP contribution in [0.5, 0.6) is 0 Å². The van der Waals surface area contributed by atoms with E-state index in [1.165, 1.54) is 18.4 Å². The summed E-state index contributed by atoms with van der Waals surface area (Å²) in [6.45, 7) is 1.86. The zero-order chi connectivity index (χ0) is 14.8. The van der Waals surface area contributed by atoms with Crippen LogP contribution in [0.2, 0.25) is 5.02 Å². The molecule has 1 aliphatic carbocycles. The van der Waals surface area contributed by atoms with Crippen molar-refractivity contribution in [3.8, 4) is 0 Å². The lowest BCUT2D eigenvalue weighted by molar-refractivity contribution is 0.246. The fourth-order valence-electron chi connectivity index (χ4n) is 2.42. The molecule has 0 aliphatic heterocycles. The van der Waals surface area contributed by atoms with Gasteiger partial charge in [-0.3, -0.25) is 4.90 Å². The Hall–Kier alpha value is -0.940. The van der Waals surface area contributed by atoms with E-state index < -0.39 is 0 Å². The Labute approximate surface area is 139 Å². The zero-order valence-electron chi connectivity index (χ0n) is 11.6. The molecule has 0 unspecified atom stereocenters. The van der Waals surface area contributed by atoms with E-state index in [1.807, 2.05) is 18.2 Å². The Bertz CT molecular complexity index is 636. The number of benzene rings is 1. The molecule has 1 aromatic heterocycles. The second-order valence-electron chi connectivity index (χ2n) is 5.44. The molecule has 1 aliphatic rings. The second-order valence-corrected chi connectivity index (χ2v) is 7.07. The molecule has 1 fully saturated rings. The molecule has 0 spiro atoms. The SMILES string of the molecule is NC(=S)c1ccc(CN(Cc2ccsc2)C2CC2)c(Cl)c1. The van der Waals surface area contributed by atoms with Gasteiger partial charge in [0, 0.05) is 29.7 Å². The number of hydrogen-bond donors (Lipinski definition) is 1. The highest BCUT2D eigenvalue weighted by molar-refractivity contribution is 7.80. The Morgan fingerprint density at radius 2 is 2.14 bits per heavy atom. The van der Waals surface area contributed by atoms with Crippen molar-refractivity contribution in [1.29, 1.82) is 0 Å². The van der Waals surface area contributed by atoms with Crippen molar-refractivity contribution < 1.29 is 0 Å². The van der Waals surface area contributed by atoms with Crippen molar-refractivity contribution in [3.05, 3.63) is 56.7 Å². The van der Waals surface area contributed by atoms with Gasteiger partial charge in [-0.1, -0.05) is 36.0 Å². The van der Waals surface area contributed by atoms with Gasteiger partial charge in [0.05, 0.1) is 0 Å². The minimum absolute atomic E-state index is 0.390. The summed E-state index contributed by atoms with van der Waals surface area (Å²) in [4.78, 5) is 2.89. The number of thiophene rings is 1. The molecule has 3 rings (SSSR count). The maximum Gasteiger partial charge on any atom is 0.104 e. The monoisotopic (exact) mass is 336 g/mol. The van der Waals surface area contributed by atoms with Crippen LogP contribution in [0.1, 0.15) is 29.5 Å². The standard InChI is InChI=1S/C16H17ClN2S2/c17-15-7-12(16(18)20)1-2-13(15)9-19(14-3-4-14)8-11-5-6-21-10-11/h1-2,5-7,10,14H,3-4,8-9H2,(H2,18,20). The summed E-state index contributed by atoms with van der Waals surface area (Å²) < 4.78 is 0. The molecular weight excluding hydrogens is 320 g/mol. The minimum atomic E-state index is 0.390. The molecule has 110 valence electrons. The minimum Gasteiger partial charge on any atom is -0.389 e. The number of hydrogen-bond acceptors (Lipinski definition) is 3. The van der Waals surface area contributed by atoms with Crippen molar-refractivity contribution in [1.82, 2.24) is 4.90 Å². The molecule has 2 aromatic rings. The Balaban J connectivity index is 1.75. The largest absolute Gasteiger partial charge is 0.389 e. The van der Waals surface area contributed by atoms with Crippen LogP contribution in [0.4, 0.5) is 0 Å². The number of halogens is 1. The van der Waals surface area contributed by atoms with Crippen molar-refractivity contribution >= 4 is 40.1 Å². The van der Waals surface area contributed by atoms with Crippen LogP contribution in [0.15, 0.2) is 35.0 Å². The molecule has 0 atom stereocenters. The summed E-state index contributed by atoms with van der Waals surface area (Å²) in [7, 11) is 0. The van der Waals surface area contributed by atoms with Crippen LogP contribution >= 0.6 is 35.2 Å². The molecule has 1 heterocycles. The fraction of sp³-hybridized carbons (Fsp3) is 0.312. The van der Waals surface area contributed by atoms with E-state index in [0.29, 0.717) is 11.0 Å². The van der Waals surface area contributed by atoms with Gasteiger partial charge in [0.25, 0.3) is 0 Å². The van der Waals surface area contributed by atoms with Gasteiger partial charge in [0.2, 0.25) is 0 Å². The molecule has 1 saturated carbocycles. The maximum atomic E-state index is 6.38. The van der Waals surface area contributed by atoms with Gasteiger partial charge in [-0.05, 0) is 46.9 Å². The average molecular weight is 337 g/mol. The van der Waals surface area contributed by atoms with Crippen LogP contribution in [0, 0.1) is 0 Å². The molecule has 5 heteroatoms. The van der Waals surface area contributed by atoms with E-state index in [9.17, 15) is 0 Å². The normalized spacial score (nSPS) is 14.6. The molecule has 2 nitrogen and oxygen atoms in total. The first kappa shape index (κ1) is 15.0. The van der Waals surface area contributed by atoms with E-state index in [-0.39, 0.29) is 0 Å². The van der Waals surface area contributed by atoms with E-state index in [1.54, 1.807) is 11.3 Å². The third-order valence-corrected chi connectivity index (χ3v) is 5.06. The molecule has 2 N–H and O–H groups in total. The summed E-state index contributed by atoms with van der Waals surface area (Å²) in [5.74, 6) is 0. The first-order valence-electron chi connectivity index (χ1n) is 6.97. The van der Waals surface area contributed by atoms with E-state index >= 15 is 0 Å². The third-order valence-electron chi connectivity index (χ3n) is 3.74. The topological polar surface area (TPSA) is 29.3 Å². The van der Waals surface area contributed by atoms with Crippen molar-refractivity contribution in [3.63, 3.8) is 0 Å². The highest BCUT2D eigenvalue weighted by atomic mass is 35.5. The second kappa shape index (κ2) is 6.44. The van der Waals surface area contributed by atoms with E-state index in [0.717, 1.165) is 29.2 Å². The zero-order valence-corrected chi connectivity index (χ0v) is 14.0. The predicted octanol–water partition coefficient (Wildman–Crippen LogP) is 4.20. The summed E-state index contributed by atoms with van der Waals surface area (Å²) in [6.07, 6.45) is 2.57. The van der Waals surface area contributed by atoms with E-state index in [2.05, 4.69) is 21.7 Å². The Morgan fingerprint density at radius 1 is 1.33 bits per heavy atom. The first-order valence-corrected chi connectivity index (χ1v) is 8.70. The molecule has 0 bridgehead atoms. The lowest BCUT2D eigenvalue weighted by atomic mass is 10.1. The number of rotatable bonds is 6. The fourth-order valence-corrected chi connectivity index (χ4v) is 3.45. The molecule has 1 aromatic carbocycles. The molecule has 0 radical (unpaired) electrons. The van der Waals surface area contributed by atoms with Gasteiger partial charge in [-0.2, -0.15) is 11.3 Å². The molecule has 0 amide bonds. The van der Waals surface area contributed by atoms with Crippen LogP contribution in [-0.4, -0.2) is 15.9 Å². The highest BCUT2D eigenvalue weighted by Gasteiger charge is 2.29. The highest BCUT2D eigenvalue weighted by Crippen LogP contribution is 2.31. The smallest absolute Gasteiger partial charge is 0.104 e. The van der Waals surface area contributed by atoms with E-state index in [4.69, 9.17) is 29.6 Å². The molecule has 0 saturated heterocycles. The molecule has 21 heavy (non-hydrogen) atoms. The Morgan fingerprint density at radius 3 is 2.71 bits per heavy atom.